The Morgan fingerprint density at radius 2 is 1.76 bits per heavy atom. The van der Waals surface area contributed by atoms with E-state index < -0.39 is 5.60 Å². The van der Waals surface area contributed by atoms with Crippen LogP contribution in [0.1, 0.15) is 56.1 Å². The Morgan fingerprint density at radius 3 is 2.41 bits per heavy atom. The molecule has 37 heavy (non-hydrogen) atoms. The fourth-order valence-electron chi connectivity index (χ4n) is 4.41. The van der Waals surface area contributed by atoms with Crippen molar-refractivity contribution in [2.24, 2.45) is 0 Å². The number of halogens is 1. The van der Waals surface area contributed by atoms with Crippen molar-refractivity contribution in [2.75, 3.05) is 0 Å². The van der Waals surface area contributed by atoms with Crippen LogP contribution in [0.3, 0.4) is 0 Å². The lowest BCUT2D eigenvalue weighted by Gasteiger charge is -2.19. The Labute approximate surface area is 224 Å². The van der Waals surface area contributed by atoms with Gasteiger partial charge in [0.2, 0.25) is 0 Å². The third-order valence-electron chi connectivity index (χ3n) is 5.95. The maximum atomic E-state index is 13.8. The maximum absolute atomic E-state index is 13.8. The highest BCUT2D eigenvalue weighted by atomic mass is 79.9. The normalized spacial score (nSPS) is 11.6. The Morgan fingerprint density at radius 1 is 1.05 bits per heavy atom. The highest BCUT2D eigenvalue weighted by Crippen LogP contribution is 2.33. The van der Waals surface area contributed by atoms with Gasteiger partial charge in [0.15, 0.2) is 5.78 Å². The predicted octanol–water partition coefficient (Wildman–Crippen LogP) is 5.92. The Balaban J connectivity index is 1.88. The fourth-order valence-corrected chi connectivity index (χ4v) is 4.77. The number of benzene rings is 2. The van der Waals surface area contributed by atoms with Crippen molar-refractivity contribution in [3.8, 4) is 11.1 Å². The van der Waals surface area contributed by atoms with Gasteiger partial charge in [0.1, 0.15) is 18.0 Å². The summed E-state index contributed by atoms with van der Waals surface area (Å²) in [5.74, 6) is 0.106. The summed E-state index contributed by atoms with van der Waals surface area (Å²) >= 11 is 3.52. The summed E-state index contributed by atoms with van der Waals surface area (Å²) < 4.78 is 9.48. The van der Waals surface area contributed by atoms with Gasteiger partial charge >= 0.3 is 5.97 Å². The molecule has 2 heterocycles. The van der Waals surface area contributed by atoms with Gasteiger partial charge in [0.25, 0.3) is 5.56 Å². The predicted molar refractivity (Wildman–Crippen MR) is 148 cm³/mol. The van der Waals surface area contributed by atoms with Crippen molar-refractivity contribution in [3.63, 3.8) is 0 Å². The monoisotopic (exact) mass is 563 g/mol. The molecule has 0 aliphatic rings. The Bertz CT molecular complexity index is 1550. The first-order valence-corrected chi connectivity index (χ1v) is 13.0. The van der Waals surface area contributed by atoms with Gasteiger partial charge in [-0.15, -0.1) is 0 Å². The number of ketones is 1. The first-order valence-electron chi connectivity index (χ1n) is 12.2. The minimum atomic E-state index is -0.592. The van der Waals surface area contributed by atoms with Crippen LogP contribution in [0.5, 0.6) is 0 Å². The van der Waals surface area contributed by atoms with Crippen molar-refractivity contribution in [1.82, 2.24) is 14.1 Å². The van der Waals surface area contributed by atoms with Crippen molar-refractivity contribution >= 4 is 38.5 Å². The van der Waals surface area contributed by atoms with E-state index in [1.807, 2.05) is 63.2 Å². The molecule has 0 saturated carbocycles. The standard InChI is InChI=1S/C29H30BrN3O4/c1-6-24(34)27-26(19-10-8-7-9-11-19)23-14-20(30)12-13-22(23)28(36)33(27)16-21-15-32(18(2)31-21)17-25(35)37-29(3,4)5/h7-15H,6,16-17H2,1-5H3. The molecule has 2 aromatic carbocycles. The maximum Gasteiger partial charge on any atom is 0.326 e. The Hall–Kier alpha value is -3.52. The van der Waals surface area contributed by atoms with Crippen LogP contribution in [-0.2, 0) is 22.6 Å². The molecule has 0 aliphatic carbocycles. The van der Waals surface area contributed by atoms with Gasteiger partial charge in [-0.3, -0.25) is 19.0 Å². The highest BCUT2D eigenvalue weighted by Gasteiger charge is 2.24. The summed E-state index contributed by atoms with van der Waals surface area (Å²) in [6.45, 7) is 9.13. The van der Waals surface area contributed by atoms with Gasteiger partial charge in [0, 0.05) is 28.0 Å². The topological polar surface area (TPSA) is 83.2 Å². The minimum absolute atomic E-state index is 0.00671. The zero-order chi connectivity index (χ0) is 26.9. The van der Waals surface area contributed by atoms with Crippen LogP contribution in [0.25, 0.3) is 21.9 Å². The van der Waals surface area contributed by atoms with Crippen molar-refractivity contribution in [3.05, 3.63) is 86.8 Å². The second-order valence-electron chi connectivity index (χ2n) is 9.94. The molecule has 0 atom stereocenters. The first kappa shape index (κ1) is 26.5. The second kappa shape index (κ2) is 10.5. The molecule has 0 radical (unpaired) electrons. The number of rotatable bonds is 7. The molecule has 0 spiro atoms. The van der Waals surface area contributed by atoms with Crippen LogP contribution in [0, 0.1) is 6.92 Å². The summed E-state index contributed by atoms with van der Waals surface area (Å²) in [5, 5.41) is 1.23. The van der Waals surface area contributed by atoms with Crippen LogP contribution in [0.2, 0.25) is 0 Å². The number of aromatic nitrogens is 3. The van der Waals surface area contributed by atoms with Crippen molar-refractivity contribution < 1.29 is 14.3 Å². The molecule has 8 heteroatoms. The largest absolute Gasteiger partial charge is 0.459 e. The number of carbonyl (C=O) groups is 2. The number of imidazole rings is 1. The van der Waals surface area contributed by atoms with Gasteiger partial charge in [-0.05, 0) is 56.8 Å². The van der Waals surface area contributed by atoms with Gasteiger partial charge in [-0.1, -0.05) is 53.2 Å². The lowest BCUT2D eigenvalue weighted by Crippen LogP contribution is -2.28. The lowest BCUT2D eigenvalue weighted by atomic mass is 9.94. The zero-order valence-corrected chi connectivity index (χ0v) is 23.3. The molecule has 4 rings (SSSR count). The van der Waals surface area contributed by atoms with E-state index in [4.69, 9.17) is 4.74 Å². The highest BCUT2D eigenvalue weighted by molar-refractivity contribution is 9.10. The average Bonchev–Trinajstić information content (AvgIpc) is 3.17. The average molecular weight is 564 g/mol. The number of esters is 1. The van der Waals surface area contributed by atoms with E-state index in [0.29, 0.717) is 33.5 Å². The zero-order valence-electron chi connectivity index (χ0n) is 21.7. The van der Waals surface area contributed by atoms with Gasteiger partial charge in [-0.2, -0.15) is 0 Å². The molecular formula is C29H30BrN3O4. The SMILES string of the molecule is CCC(=O)c1c(-c2ccccc2)c2cc(Br)ccc2c(=O)n1Cc1cn(CC(=O)OC(C)(C)C)c(C)n1. The molecule has 0 unspecified atom stereocenters. The van der Waals surface area contributed by atoms with Crippen LogP contribution in [-0.4, -0.2) is 31.5 Å². The summed E-state index contributed by atoms with van der Waals surface area (Å²) in [4.78, 5) is 44.2. The summed E-state index contributed by atoms with van der Waals surface area (Å²) in [7, 11) is 0. The third-order valence-corrected chi connectivity index (χ3v) is 6.44. The Kier molecular flexibility index (Phi) is 7.50. The van der Waals surface area contributed by atoms with E-state index in [1.165, 1.54) is 4.57 Å². The molecular weight excluding hydrogens is 534 g/mol. The summed E-state index contributed by atoms with van der Waals surface area (Å²) in [5.41, 5.74) is 1.63. The van der Waals surface area contributed by atoms with Gasteiger partial charge in [0.05, 0.1) is 17.9 Å². The van der Waals surface area contributed by atoms with Crippen LogP contribution in [0.4, 0.5) is 0 Å². The van der Waals surface area contributed by atoms with Crippen LogP contribution < -0.4 is 5.56 Å². The molecule has 4 aromatic rings. The van der Waals surface area contributed by atoms with E-state index in [2.05, 4.69) is 20.9 Å². The minimum Gasteiger partial charge on any atom is -0.459 e. The van der Waals surface area contributed by atoms with Crippen molar-refractivity contribution in [1.29, 1.82) is 0 Å². The van der Waals surface area contributed by atoms with E-state index in [0.717, 1.165) is 10.0 Å². The number of hydrogen-bond donors (Lipinski definition) is 0. The number of Topliss-reactive ketones (excluding diaryl/α,β-unsaturated/α-hetero) is 1. The first-order chi connectivity index (χ1) is 17.5. The number of fused-ring (bicyclic) bond motifs is 1. The second-order valence-corrected chi connectivity index (χ2v) is 10.9. The lowest BCUT2D eigenvalue weighted by molar-refractivity contribution is -0.155. The van der Waals surface area contributed by atoms with E-state index in [1.54, 1.807) is 30.7 Å². The number of carbonyl (C=O) groups excluding carboxylic acids is 2. The molecule has 0 saturated heterocycles. The van der Waals surface area contributed by atoms with Gasteiger partial charge < -0.3 is 9.30 Å². The van der Waals surface area contributed by atoms with E-state index >= 15 is 0 Å². The molecule has 192 valence electrons. The third kappa shape index (κ3) is 5.74. The molecule has 0 N–H and O–H groups in total. The van der Waals surface area contributed by atoms with Crippen LogP contribution >= 0.6 is 15.9 Å². The number of nitrogens with zero attached hydrogens (tertiary/aromatic N) is 3. The fraction of sp³-hybridized carbons (Fsp3) is 0.310. The number of ether oxygens (including phenoxy) is 1. The quantitative estimate of drug-likeness (QED) is 0.206. The van der Waals surface area contributed by atoms with E-state index in [9.17, 15) is 14.4 Å². The molecule has 0 aliphatic heterocycles. The number of aryl methyl sites for hydroxylation is 1. The summed E-state index contributed by atoms with van der Waals surface area (Å²) in [6, 6.07) is 15.1. The van der Waals surface area contributed by atoms with E-state index in [-0.39, 0.29) is 36.8 Å². The molecule has 2 aromatic heterocycles. The molecule has 0 bridgehead atoms. The van der Waals surface area contributed by atoms with Crippen LogP contribution in [0.15, 0.2) is 64.0 Å². The molecule has 0 fully saturated rings. The number of hydrogen-bond acceptors (Lipinski definition) is 5. The molecule has 7 nitrogen and oxygen atoms in total. The van der Waals surface area contributed by atoms with Crippen molar-refractivity contribution in [2.45, 2.75) is 59.7 Å². The number of pyridine rings is 1. The summed E-state index contributed by atoms with van der Waals surface area (Å²) in [6.07, 6.45) is 1.98. The smallest absolute Gasteiger partial charge is 0.326 e. The van der Waals surface area contributed by atoms with Gasteiger partial charge in [-0.25, -0.2) is 4.98 Å². The molecule has 0 amide bonds.